The van der Waals surface area contributed by atoms with E-state index in [0.29, 0.717) is 5.39 Å². The van der Waals surface area contributed by atoms with Gasteiger partial charge >= 0.3 is 5.63 Å². The molecule has 82 valence electrons. The summed E-state index contributed by atoms with van der Waals surface area (Å²) >= 11 is 0. The summed E-state index contributed by atoms with van der Waals surface area (Å²) in [5.41, 5.74) is -0.275. The van der Waals surface area contributed by atoms with E-state index >= 15 is 0 Å². The summed E-state index contributed by atoms with van der Waals surface area (Å²) in [5, 5.41) is 1.55. The summed E-state index contributed by atoms with van der Waals surface area (Å²) in [4.78, 5) is 11.0. The molecule has 1 aromatic heterocycles. The molecule has 1 aromatic carbocycles. The van der Waals surface area contributed by atoms with Crippen LogP contribution in [0.2, 0.25) is 0 Å². The van der Waals surface area contributed by atoms with Gasteiger partial charge in [-0.15, -0.1) is 0 Å². The quantitative estimate of drug-likeness (QED) is 0.655. The molecule has 0 N–H and O–H groups in total. The van der Waals surface area contributed by atoms with E-state index in [1.54, 1.807) is 12.1 Å². The van der Waals surface area contributed by atoms with Crippen LogP contribution in [0.3, 0.4) is 0 Å². The summed E-state index contributed by atoms with van der Waals surface area (Å²) < 4.78 is 4.68. The molecule has 15 heavy (non-hydrogen) atoms. The molecule has 0 spiro atoms. The molecule has 0 saturated carbocycles. The summed E-state index contributed by atoms with van der Waals surface area (Å²) in [7, 11) is 0. The first kappa shape index (κ1) is 13.4. The Morgan fingerprint density at radius 2 is 1.53 bits per heavy atom. The summed E-state index contributed by atoms with van der Waals surface area (Å²) in [6.07, 6.45) is 1.41. The summed E-state index contributed by atoms with van der Waals surface area (Å²) in [6.45, 7) is 8.00. The van der Waals surface area contributed by atoms with Gasteiger partial charge in [-0.05, 0) is 17.5 Å². The molecule has 2 aromatic rings. The second-order valence-corrected chi connectivity index (χ2v) is 2.30. The average molecular weight is 206 g/mol. The van der Waals surface area contributed by atoms with E-state index < -0.39 is 0 Å². The zero-order valence-corrected chi connectivity index (χ0v) is 9.78. The molecule has 0 radical (unpaired) electrons. The Bertz CT molecular complexity index is 424. The topological polar surface area (TPSA) is 30.2 Å². The molecule has 2 heteroatoms. The summed E-state index contributed by atoms with van der Waals surface area (Å²) in [5.74, 6) is 0. The van der Waals surface area contributed by atoms with Crippen LogP contribution in [0.1, 0.15) is 27.7 Å². The SMILES string of the molecule is CC.CC.O=c1occc2ccccc12. The maximum Gasteiger partial charge on any atom is 0.343 e. The minimum atomic E-state index is -0.275. The zero-order chi connectivity index (χ0) is 11.7. The highest BCUT2D eigenvalue weighted by molar-refractivity contribution is 5.80. The second kappa shape index (κ2) is 7.80. The maximum atomic E-state index is 11.0. The number of hydrogen-bond acceptors (Lipinski definition) is 2. The van der Waals surface area contributed by atoms with E-state index in [2.05, 4.69) is 4.42 Å². The van der Waals surface area contributed by atoms with E-state index in [4.69, 9.17) is 0 Å². The minimum absolute atomic E-state index is 0.275. The Morgan fingerprint density at radius 1 is 0.933 bits per heavy atom. The fourth-order valence-electron chi connectivity index (χ4n) is 1.06. The van der Waals surface area contributed by atoms with Gasteiger partial charge in [0.25, 0.3) is 0 Å². The van der Waals surface area contributed by atoms with Gasteiger partial charge in [0.05, 0.1) is 11.6 Å². The molecule has 0 bridgehead atoms. The van der Waals surface area contributed by atoms with E-state index in [-0.39, 0.29) is 5.63 Å². The van der Waals surface area contributed by atoms with Crippen LogP contribution in [-0.4, -0.2) is 0 Å². The highest BCUT2D eigenvalue weighted by Crippen LogP contribution is 2.06. The zero-order valence-electron chi connectivity index (χ0n) is 9.78. The van der Waals surface area contributed by atoms with Gasteiger partial charge in [-0.2, -0.15) is 0 Å². The second-order valence-electron chi connectivity index (χ2n) is 2.30. The molecule has 0 saturated heterocycles. The van der Waals surface area contributed by atoms with Crippen LogP contribution >= 0.6 is 0 Å². The highest BCUT2D eigenvalue weighted by atomic mass is 16.4. The maximum absolute atomic E-state index is 11.0. The molecule has 1 heterocycles. The monoisotopic (exact) mass is 206 g/mol. The van der Waals surface area contributed by atoms with Crippen LogP contribution < -0.4 is 5.63 Å². The molecule has 0 fully saturated rings. The number of hydrogen-bond donors (Lipinski definition) is 0. The normalized spacial score (nSPS) is 8.27. The largest absolute Gasteiger partial charge is 0.431 e. The van der Waals surface area contributed by atoms with Crippen LogP contribution in [-0.2, 0) is 0 Å². The van der Waals surface area contributed by atoms with E-state index in [1.807, 2.05) is 45.9 Å². The van der Waals surface area contributed by atoms with Gasteiger partial charge in [0.15, 0.2) is 0 Å². The lowest BCUT2D eigenvalue weighted by atomic mass is 10.2. The Balaban J connectivity index is 0.000000442. The Hall–Kier alpha value is -1.57. The van der Waals surface area contributed by atoms with E-state index in [1.165, 1.54) is 6.26 Å². The Morgan fingerprint density at radius 3 is 2.13 bits per heavy atom. The van der Waals surface area contributed by atoms with Gasteiger partial charge < -0.3 is 4.42 Å². The molecular weight excluding hydrogens is 188 g/mol. The lowest BCUT2D eigenvalue weighted by molar-refractivity contribution is 0.519. The smallest absolute Gasteiger partial charge is 0.343 e. The van der Waals surface area contributed by atoms with Crippen molar-refractivity contribution >= 4 is 10.8 Å². The van der Waals surface area contributed by atoms with Crippen molar-refractivity contribution < 1.29 is 4.42 Å². The Kier molecular flexibility index (Phi) is 6.98. The molecule has 2 nitrogen and oxygen atoms in total. The van der Waals surface area contributed by atoms with Gasteiger partial charge in [-0.1, -0.05) is 45.9 Å². The van der Waals surface area contributed by atoms with Crippen LogP contribution in [0.15, 0.2) is 45.8 Å². The third kappa shape index (κ3) is 3.58. The fourth-order valence-corrected chi connectivity index (χ4v) is 1.06. The van der Waals surface area contributed by atoms with E-state index in [0.717, 1.165) is 5.39 Å². The minimum Gasteiger partial charge on any atom is -0.431 e. The number of benzene rings is 1. The van der Waals surface area contributed by atoms with Crippen molar-refractivity contribution in [3.63, 3.8) is 0 Å². The predicted octanol–water partition coefficient (Wildman–Crippen LogP) is 3.85. The molecule has 0 aliphatic heterocycles. The molecule has 2 rings (SSSR count). The lowest BCUT2D eigenvalue weighted by Gasteiger charge is -1.91. The van der Waals surface area contributed by atoms with Crippen molar-refractivity contribution in [3.05, 3.63) is 47.0 Å². The highest BCUT2D eigenvalue weighted by Gasteiger charge is 1.94. The van der Waals surface area contributed by atoms with Crippen LogP contribution in [0.25, 0.3) is 10.8 Å². The van der Waals surface area contributed by atoms with Crippen molar-refractivity contribution in [2.24, 2.45) is 0 Å². The van der Waals surface area contributed by atoms with Crippen molar-refractivity contribution in [2.75, 3.05) is 0 Å². The van der Waals surface area contributed by atoms with Gasteiger partial charge in [0.1, 0.15) is 0 Å². The molecule has 0 aliphatic carbocycles. The first-order valence-corrected chi connectivity index (χ1v) is 5.34. The van der Waals surface area contributed by atoms with Gasteiger partial charge in [-0.3, -0.25) is 0 Å². The first-order chi connectivity index (χ1) is 7.38. The van der Waals surface area contributed by atoms with Crippen LogP contribution in [0.4, 0.5) is 0 Å². The summed E-state index contributed by atoms with van der Waals surface area (Å²) in [6, 6.07) is 9.12. The third-order valence-corrected chi connectivity index (χ3v) is 1.60. The van der Waals surface area contributed by atoms with E-state index in [9.17, 15) is 4.79 Å². The molecule has 0 aliphatic rings. The fraction of sp³-hybridized carbons (Fsp3) is 0.308. The van der Waals surface area contributed by atoms with Crippen LogP contribution in [0.5, 0.6) is 0 Å². The van der Waals surface area contributed by atoms with Crippen LogP contribution in [0, 0.1) is 0 Å². The first-order valence-electron chi connectivity index (χ1n) is 5.34. The van der Waals surface area contributed by atoms with Crippen molar-refractivity contribution in [1.29, 1.82) is 0 Å². The molecule has 0 unspecified atom stereocenters. The predicted molar refractivity (Wildman–Crippen MR) is 65.2 cm³/mol. The number of fused-ring (bicyclic) bond motifs is 1. The van der Waals surface area contributed by atoms with Gasteiger partial charge in [-0.25, -0.2) is 4.79 Å². The molecule has 0 amide bonds. The van der Waals surface area contributed by atoms with Crippen molar-refractivity contribution in [1.82, 2.24) is 0 Å². The average Bonchev–Trinajstić information content (AvgIpc) is 2.35. The lowest BCUT2D eigenvalue weighted by Crippen LogP contribution is -1.96. The standard InChI is InChI=1S/C9H6O2.2C2H6/c10-9-8-4-2-1-3-7(8)5-6-11-9;2*1-2/h1-6H;2*1-2H3. The molecule has 0 atom stereocenters. The third-order valence-electron chi connectivity index (χ3n) is 1.60. The number of rotatable bonds is 0. The molecular formula is C13H18O2. The van der Waals surface area contributed by atoms with Gasteiger partial charge in [0.2, 0.25) is 0 Å². The van der Waals surface area contributed by atoms with Crippen molar-refractivity contribution in [2.45, 2.75) is 27.7 Å². The van der Waals surface area contributed by atoms with Crippen molar-refractivity contribution in [3.8, 4) is 0 Å². The van der Waals surface area contributed by atoms with Gasteiger partial charge in [0, 0.05) is 0 Å². The Labute approximate surface area is 90.6 Å².